The van der Waals surface area contributed by atoms with Gasteiger partial charge >= 0.3 is 0 Å². The van der Waals surface area contributed by atoms with Crippen molar-refractivity contribution in [2.45, 2.75) is 96.9 Å². The SMILES string of the molecule is CC(C)C[C@H]1C(=O)N([C@@H](CC(C)C)C(=O)N2CCC3(CC2)OCC(CN2CCC4(CC2)CC4)CO3)CCN1C. The van der Waals surface area contributed by atoms with Gasteiger partial charge in [-0.2, -0.15) is 0 Å². The van der Waals surface area contributed by atoms with E-state index in [-0.39, 0.29) is 23.9 Å². The first kappa shape index (κ1) is 29.3. The summed E-state index contributed by atoms with van der Waals surface area (Å²) in [5, 5.41) is 0. The van der Waals surface area contributed by atoms with Gasteiger partial charge in [-0.05, 0) is 75.9 Å². The molecule has 8 heteroatoms. The van der Waals surface area contributed by atoms with Crippen LogP contribution >= 0.6 is 0 Å². The topological polar surface area (TPSA) is 65.6 Å². The number of likely N-dealkylation sites (tertiary alicyclic amines) is 2. The summed E-state index contributed by atoms with van der Waals surface area (Å²) in [6, 6.07) is -0.519. The second-order valence-electron chi connectivity index (χ2n) is 14.3. The van der Waals surface area contributed by atoms with E-state index >= 15 is 0 Å². The lowest BCUT2D eigenvalue weighted by Gasteiger charge is -2.48. The summed E-state index contributed by atoms with van der Waals surface area (Å²) in [5.41, 5.74) is 0.715. The third-order valence-electron chi connectivity index (χ3n) is 10.2. The molecule has 0 N–H and O–H groups in total. The molecule has 0 radical (unpaired) electrons. The van der Waals surface area contributed by atoms with Crippen LogP contribution in [0.5, 0.6) is 0 Å². The summed E-state index contributed by atoms with van der Waals surface area (Å²) in [7, 11) is 2.04. The molecular weight excluding hydrogens is 492 g/mol. The predicted molar refractivity (Wildman–Crippen MR) is 152 cm³/mol. The van der Waals surface area contributed by atoms with E-state index in [9.17, 15) is 9.59 Å². The van der Waals surface area contributed by atoms with Crippen LogP contribution in [0.2, 0.25) is 0 Å². The largest absolute Gasteiger partial charge is 0.349 e. The highest BCUT2D eigenvalue weighted by Crippen LogP contribution is 2.53. The molecule has 4 aliphatic heterocycles. The number of carbonyl (C=O) groups is 2. The van der Waals surface area contributed by atoms with E-state index in [2.05, 4.69) is 37.5 Å². The van der Waals surface area contributed by atoms with Crippen molar-refractivity contribution in [3.63, 3.8) is 0 Å². The number of nitrogens with zero attached hydrogens (tertiary/aromatic N) is 4. The molecule has 0 aromatic carbocycles. The minimum absolute atomic E-state index is 0.104. The van der Waals surface area contributed by atoms with Gasteiger partial charge in [0.2, 0.25) is 11.8 Å². The normalized spacial score (nSPS) is 29.1. The number of carbonyl (C=O) groups excluding carboxylic acids is 2. The predicted octanol–water partition coefficient (Wildman–Crippen LogP) is 3.45. The Kier molecular flexibility index (Phi) is 8.97. The average Bonchev–Trinajstić information content (AvgIpc) is 3.67. The molecule has 1 saturated carbocycles. The number of hydrogen-bond donors (Lipinski definition) is 0. The fraction of sp³-hybridized carbons (Fsp3) is 0.935. The van der Waals surface area contributed by atoms with Gasteiger partial charge < -0.3 is 24.2 Å². The van der Waals surface area contributed by atoms with Crippen LogP contribution in [0.25, 0.3) is 0 Å². The van der Waals surface area contributed by atoms with Crippen LogP contribution in [0.1, 0.15) is 79.1 Å². The fourth-order valence-electron chi connectivity index (χ4n) is 7.31. The third-order valence-corrected chi connectivity index (χ3v) is 10.2. The molecule has 0 bridgehead atoms. The number of piperazine rings is 1. The zero-order valence-electron chi connectivity index (χ0n) is 25.3. The van der Waals surface area contributed by atoms with Gasteiger partial charge in [-0.15, -0.1) is 0 Å². The number of piperidine rings is 2. The lowest BCUT2D eigenvalue weighted by molar-refractivity contribution is -0.298. The first-order valence-electron chi connectivity index (χ1n) is 15.9. The average molecular weight is 547 g/mol. The number of likely N-dealkylation sites (N-methyl/N-ethyl adjacent to an activating group) is 1. The highest BCUT2D eigenvalue weighted by atomic mass is 16.7. The Bertz CT molecular complexity index is 847. The Balaban J connectivity index is 1.13. The van der Waals surface area contributed by atoms with Crippen LogP contribution in [-0.4, -0.2) is 115 Å². The molecule has 0 aromatic heterocycles. The minimum atomic E-state index is -0.549. The molecular formula is C31H54N4O4. The molecule has 0 unspecified atom stereocenters. The molecule has 2 amide bonds. The van der Waals surface area contributed by atoms with Gasteiger partial charge in [0.25, 0.3) is 0 Å². The molecule has 5 fully saturated rings. The van der Waals surface area contributed by atoms with Crippen molar-refractivity contribution in [2.24, 2.45) is 23.2 Å². The molecule has 222 valence electrons. The van der Waals surface area contributed by atoms with E-state index in [1.165, 1.54) is 38.8 Å². The van der Waals surface area contributed by atoms with E-state index in [0.717, 1.165) is 32.7 Å². The van der Waals surface area contributed by atoms with Crippen LogP contribution in [0.4, 0.5) is 0 Å². The van der Waals surface area contributed by atoms with Crippen LogP contribution < -0.4 is 0 Å². The number of amides is 2. The van der Waals surface area contributed by atoms with Gasteiger partial charge in [0.15, 0.2) is 5.79 Å². The smallest absolute Gasteiger partial charge is 0.245 e. The van der Waals surface area contributed by atoms with E-state index in [4.69, 9.17) is 9.47 Å². The highest BCUT2D eigenvalue weighted by Gasteiger charge is 2.47. The van der Waals surface area contributed by atoms with Crippen LogP contribution in [0, 0.1) is 23.2 Å². The number of hydrogen-bond acceptors (Lipinski definition) is 6. The summed E-state index contributed by atoms with van der Waals surface area (Å²) in [6.07, 6.45) is 8.57. The van der Waals surface area contributed by atoms with Crippen molar-refractivity contribution < 1.29 is 19.1 Å². The maximum atomic E-state index is 13.9. The first-order valence-corrected chi connectivity index (χ1v) is 15.9. The number of ether oxygens (including phenoxy) is 2. The summed E-state index contributed by atoms with van der Waals surface area (Å²) < 4.78 is 12.8. The van der Waals surface area contributed by atoms with Crippen molar-refractivity contribution in [3.05, 3.63) is 0 Å². The summed E-state index contributed by atoms with van der Waals surface area (Å²) in [4.78, 5) is 36.2. The van der Waals surface area contributed by atoms with Crippen LogP contribution in [0.3, 0.4) is 0 Å². The van der Waals surface area contributed by atoms with Crippen LogP contribution in [-0.2, 0) is 19.1 Å². The quantitative estimate of drug-likeness (QED) is 0.465. The Morgan fingerprint density at radius 3 is 2.08 bits per heavy atom. The van der Waals surface area contributed by atoms with Crippen molar-refractivity contribution in [1.82, 2.24) is 19.6 Å². The van der Waals surface area contributed by atoms with Gasteiger partial charge in [-0.3, -0.25) is 14.5 Å². The zero-order chi connectivity index (χ0) is 27.8. The summed E-state index contributed by atoms with van der Waals surface area (Å²) >= 11 is 0. The lowest BCUT2D eigenvalue weighted by atomic mass is 9.93. The lowest BCUT2D eigenvalue weighted by Crippen LogP contribution is -2.63. The van der Waals surface area contributed by atoms with Gasteiger partial charge in [0.1, 0.15) is 6.04 Å². The zero-order valence-corrected chi connectivity index (χ0v) is 25.3. The van der Waals surface area contributed by atoms with Crippen molar-refractivity contribution in [1.29, 1.82) is 0 Å². The molecule has 4 saturated heterocycles. The summed E-state index contributed by atoms with van der Waals surface area (Å²) in [5.74, 6) is 0.877. The molecule has 5 rings (SSSR count). The van der Waals surface area contributed by atoms with Crippen molar-refractivity contribution >= 4 is 11.8 Å². The Labute approximate surface area is 236 Å². The maximum absolute atomic E-state index is 13.9. The first-order chi connectivity index (χ1) is 18.6. The minimum Gasteiger partial charge on any atom is -0.349 e. The Hall–Kier alpha value is -1.22. The standard InChI is InChI=1S/C31H54N4O4/c1-23(2)18-26-29(37)35(17-16-32(26)5)27(19-24(3)4)28(36)34-14-10-31(11-15-34)38-21-25(22-39-31)20-33-12-8-30(6-7-30)9-13-33/h23-27H,6-22H2,1-5H3/t26-,27-/m0/s1. The highest BCUT2D eigenvalue weighted by molar-refractivity contribution is 5.90. The van der Waals surface area contributed by atoms with E-state index in [1.807, 2.05) is 16.8 Å². The maximum Gasteiger partial charge on any atom is 0.245 e. The molecule has 2 spiro atoms. The summed E-state index contributed by atoms with van der Waals surface area (Å²) in [6.45, 7) is 16.3. The van der Waals surface area contributed by atoms with E-state index in [0.29, 0.717) is 62.1 Å². The monoisotopic (exact) mass is 546 g/mol. The second-order valence-corrected chi connectivity index (χ2v) is 14.3. The molecule has 1 aliphatic carbocycles. The number of rotatable bonds is 8. The van der Waals surface area contributed by atoms with E-state index in [1.54, 1.807) is 0 Å². The molecule has 4 heterocycles. The van der Waals surface area contributed by atoms with Crippen molar-refractivity contribution in [2.75, 3.05) is 66.1 Å². The second kappa shape index (κ2) is 11.9. The van der Waals surface area contributed by atoms with Gasteiger partial charge in [0.05, 0.1) is 19.3 Å². The molecule has 5 aliphatic rings. The molecule has 8 nitrogen and oxygen atoms in total. The third kappa shape index (κ3) is 6.82. The fourth-order valence-corrected chi connectivity index (χ4v) is 7.31. The Morgan fingerprint density at radius 1 is 0.872 bits per heavy atom. The van der Waals surface area contributed by atoms with Gasteiger partial charge in [-0.25, -0.2) is 0 Å². The van der Waals surface area contributed by atoms with E-state index < -0.39 is 5.79 Å². The molecule has 2 atom stereocenters. The molecule has 39 heavy (non-hydrogen) atoms. The van der Waals surface area contributed by atoms with Crippen molar-refractivity contribution in [3.8, 4) is 0 Å². The van der Waals surface area contributed by atoms with Gasteiger partial charge in [0, 0.05) is 51.5 Å². The van der Waals surface area contributed by atoms with Gasteiger partial charge in [-0.1, -0.05) is 27.7 Å². The molecule has 0 aromatic rings. The Morgan fingerprint density at radius 2 is 1.51 bits per heavy atom. The van der Waals surface area contributed by atoms with Crippen LogP contribution in [0.15, 0.2) is 0 Å².